The predicted molar refractivity (Wildman–Crippen MR) is 71.6 cm³/mol. The van der Waals surface area contributed by atoms with Crippen LogP contribution < -0.4 is 11.1 Å². The third-order valence-electron chi connectivity index (χ3n) is 3.04. The van der Waals surface area contributed by atoms with E-state index in [-0.39, 0.29) is 11.9 Å². The third kappa shape index (κ3) is 3.66. The van der Waals surface area contributed by atoms with E-state index in [9.17, 15) is 0 Å². The van der Waals surface area contributed by atoms with Crippen molar-refractivity contribution >= 4 is 11.5 Å². The van der Waals surface area contributed by atoms with E-state index in [1.807, 2.05) is 6.07 Å². The Morgan fingerprint density at radius 1 is 1.47 bits per heavy atom. The number of hydrogen-bond acceptors (Lipinski definition) is 3. The molecule has 4 heteroatoms. The summed E-state index contributed by atoms with van der Waals surface area (Å²) >= 11 is 0. The van der Waals surface area contributed by atoms with Gasteiger partial charge in [0, 0.05) is 18.2 Å². The average molecular weight is 235 g/mol. The average Bonchev–Trinajstić information content (AvgIpc) is 2.33. The largest absolute Gasteiger partial charge is 0.409 e. The van der Waals surface area contributed by atoms with Crippen LogP contribution >= 0.6 is 0 Å². The second-order valence-electron chi connectivity index (χ2n) is 4.29. The van der Waals surface area contributed by atoms with Crippen LogP contribution in [-0.2, 0) is 0 Å². The lowest BCUT2D eigenvalue weighted by Crippen LogP contribution is -2.26. The topological polar surface area (TPSA) is 70.6 Å². The second kappa shape index (κ2) is 6.13. The van der Waals surface area contributed by atoms with Gasteiger partial charge in [0.15, 0.2) is 0 Å². The monoisotopic (exact) mass is 235 g/mol. The summed E-state index contributed by atoms with van der Waals surface area (Å²) in [4.78, 5) is 0. The molecular weight excluding hydrogens is 214 g/mol. The van der Waals surface area contributed by atoms with E-state index < -0.39 is 0 Å². The maximum absolute atomic E-state index is 8.58. The molecule has 4 N–H and O–H groups in total. The summed E-state index contributed by atoms with van der Waals surface area (Å²) in [6.07, 6.45) is 1.46. The lowest BCUT2D eigenvalue weighted by Gasteiger charge is -2.19. The molecule has 1 rings (SSSR count). The SMILES string of the molecule is CCC(CC(N)=NO)Nc1cccc(C)c1C. The molecule has 0 aliphatic heterocycles. The second-order valence-corrected chi connectivity index (χ2v) is 4.29. The van der Waals surface area contributed by atoms with Gasteiger partial charge < -0.3 is 16.3 Å². The normalized spacial score (nSPS) is 13.5. The molecule has 0 fully saturated rings. The summed E-state index contributed by atoms with van der Waals surface area (Å²) in [7, 11) is 0. The van der Waals surface area contributed by atoms with Gasteiger partial charge in [-0.3, -0.25) is 0 Å². The molecule has 1 aromatic rings. The van der Waals surface area contributed by atoms with Crippen LogP contribution in [0.1, 0.15) is 30.9 Å². The number of anilines is 1. The first-order valence-electron chi connectivity index (χ1n) is 5.87. The Kier molecular flexibility index (Phi) is 4.82. The zero-order valence-electron chi connectivity index (χ0n) is 10.7. The number of nitrogens with zero attached hydrogens (tertiary/aromatic N) is 1. The third-order valence-corrected chi connectivity index (χ3v) is 3.04. The van der Waals surface area contributed by atoms with Gasteiger partial charge in [0.05, 0.1) is 0 Å². The van der Waals surface area contributed by atoms with Gasteiger partial charge in [-0.1, -0.05) is 24.2 Å². The van der Waals surface area contributed by atoms with Crippen LogP contribution in [0.25, 0.3) is 0 Å². The molecule has 17 heavy (non-hydrogen) atoms. The van der Waals surface area contributed by atoms with Crippen molar-refractivity contribution in [2.24, 2.45) is 10.9 Å². The first kappa shape index (κ1) is 13.4. The fraction of sp³-hybridized carbons (Fsp3) is 0.462. The number of aryl methyl sites for hydroxylation is 1. The number of oxime groups is 1. The van der Waals surface area contributed by atoms with E-state index in [4.69, 9.17) is 10.9 Å². The molecule has 1 atom stereocenters. The summed E-state index contributed by atoms with van der Waals surface area (Å²) in [5, 5.41) is 15.0. The molecule has 0 aliphatic rings. The molecule has 0 saturated carbocycles. The van der Waals surface area contributed by atoms with Gasteiger partial charge >= 0.3 is 0 Å². The zero-order chi connectivity index (χ0) is 12.8. The lowest BCUT2D eigenvalue weighted by atomic mass is 10.1. The van der Waals surface area contributed by atoms with Crippen molar-refractivity contribution in [2.45, 2.75) is 39.7 Å². The molecule has 0 spiro atoms. The van der Waals surface area contributed by atoms with Crippen molar-refractivity contribution in [2.75, 3.05) is 5.32 Å². The van der Waals surface area contributed by atoms with Crippen LogP contribution in [0.4, 0.5) is 5.69 Å². The first-order valence-corrected chi connectivity index (χ1v) is 5.87. The van der Waals surface area contributed by atoms with Crippen LogP contribution in [-0.4, -0.2) is 17.1 Å². The Hall–Kier alpha value is -1.71. The quantitative estimate of drug-likeness (QED) is 0.318. The Bertz CT molecular complexity index is 402. The van der Waals surface area contributed by atoms with Crippen LogP contribution in [0.15, 0.2) is 23.4 Å². The van der Waals surface area contributed by atoms with Crippen molar-refractivity contribution in [3.8, 4) is 0 Å². The van der Waals surface area contributed by atoms with Crippen LogP contribution in [0.2, 0.25) is 0 Å². The molecule has 0 amide bonds. The van der Waals surface area contributed by atoms with Crippen LogP contribution in [0.5, 0.6) is 0 Å². The first-order chi connectivity index (χ1) is 8.08. The van der Waals surface area contributed by atoms with E-state index in [0.29, 0.717) is 6.42 Å². The Balaban J connectivity index is 2.77. The molecule has 94 valence electrons. The zero-order valence-corrected chi connectivity index (χ0v) is 10.7. The predicted octanol–water partition coefficient (Wildman–Crippen LogP) is 2.63. The summed E-state index contributed by atoms with van der Waals surface area (Å²) in [6, 6.07) is 6.36. The van der Waals surface area contributed by atoms with E-state index in [1.165, 1.54) is 11.1 Å². The van der Waals surface area contributed by atoms with E-state index in [2.05, 4.69) is 43.4 Å². The highest BCUT2D eigenvalue weighted by Crippen LogP contribution is 2.20. The number of rotatable bonds is 5. The minimum atomic E-state index is 0.186. The fourth-order valence-corrected chi connectivity index (χ4v) is 1.72. The number of hydrogen-bond donors (Lipinski definition) is 3. The van der Waals surface area contributed by atoms with Crippen LogP contribution in [0.3, 0.4) is 0 Å². The number of nitrogens with two attached hydrogens (primary N) is 1. The molecule has 0 aliphatic carbocycles. The summed E-state index contributed by atoms with van der Waals surface area (Å²) < 4.78 is 0. The van der Waals surface area contributed by atoms with Crippen molar-refractivity contribution < 1.29 is 5.21 Å². The number of amidine groups is 1. The van der Waals surface area contributed by atoms with Gasteiger partial charge in [0.25, 0.3) is 0 Å². The van der Waals surface area contributed by atoms with Gasteiger partial charge in [0.2, 0.25) is 0 Å². The highest BCUT2D eigenvalue weighted by molar-refractivity contribution is 5.80. The molecule has 0 aromatic heterocycles. The van der Waals surface area contributed by atoms with Gasteiger partial charge in [0.1, 0.15) is 5.84 Å². The maximum atomic E-state index is 8.58. The smallest absolute Gasteiger partial charge is 0.141 e. The molecule has 0 saturated heterocycles. The van der Waals surface area contributed by atoms with Crippen molar-refractivity contribution in [1.29, 1.82) is 0 Å². The van der Waals surface area contributed by atoms with E-state index in [1.54, 1.807) is 0 Å². The molecule has 0 heterocycles. The van der Waals surface area contributed by atoms with Gasteiger partial charge in [-0.15, -0.1) is 0 Å². The van der Waals surface area contributed by atoms with Crippen molar-refractivity contribution in [1.82, 2.24) is 0 Å². The van der Waals surface area contributed by atoms with Crippen LogP contribution in [0, 0.1) is 13.8 Å². The van der Waals surface area contributed by atoms with E-state index in [0.717, 1.165) is 12.1 Å². The maximum Gasteiger partial charge on any atom is 0.141 e. The van der Waals surface area contributed by atoms with Gasteiger partial charge in [-0.25, -0.2) is 0 Å². The van der Waals surface area contributed by atoms with Crippen molar-refractivity contribution in [3.05, 3.63) is 29.3 Å². The van der Waals surface area contributed by atoms with E-state index >= 15 is 0 Å². The lowest BCUT2D eigenvalue weighted by molar-refractivity contribution is 0.316. The molecule has 4 nitrogen and oxygen atoms in total. The van der Waals surface area contributed by atoms with Crippen molar-refractivity contribution in [3.63, 3.8) is 0 Å². The molecule has 0 bridgehead atoms. The number of nitrogens with one attached hydrogen (secondary N) is 1. The molecule has 0 radical (unpaired) electrons. The molecular formula is C13H21N3O. The standard InChI is InChI=1S/C13H21N3O/c1-4-11(8-13(14)16-17)15-12-7-5-6-9(2)10(12)3/h5-7,11,15,17H,4,8H2,1-3H3,(H2,14,16). The minimum Gasteiger partial charge on any atom is -0.409 e. The Labute approximate surface area is 103 Å². The molecule has 1 unspecified atom stereocenters. The molecule has 1 aromatic carbocycles. The van der Waals surface area contributed by atoms with Gasteiger partial charge in [-0.2, -0.15) is 0 Å². The minimum absolute atomic E-state index is 0.186. The number of benzene rings is 1. The fourth-order valence-electron chi connectivity index (χ4n) is 1.72. The Morgan fingerprint density at radius 2 is 2.18 bits per heavy atom. The highest BCUT2D eigenvalue weighted by atomic mass is 16.4. The highest BCUT2D eigenvalue weighted by Gasteiger charge is 2.10. The summed E-state index contributed by atoms with van der Waals surface area (Å²) in [5.41, 5.74) is 9.14. The summed E-state index contributed by atoms with van der Waals surface area (Å²) in [6.45, 7) is 6.26. The van der Waals surface area contributed by atoms with Gasteiger partial charge in [-0.05, 0) is 37.5 Å². The summed E-state index contributed by atoms with van der Waals surface area (Å²) in [5.74, 6) is 0.259. The Morgan fingerprint density at radius 3 is 2.76 bits per heavy atom.